The molecule has 0 bridgehead atoms. The monoisotopic (exact) mass is 572 g/mol. The molecule has 41 heavy (non-hydrogen) atoms. The molecule has 10 nitrogen and oxygen atoms in total. The Morgan fingerprint density at radius 3 is 2.61 bits per heavy atom. The van der Waals surface area contributed by atoms with Crippen LogP contribution in [0.3, 0.4) is 0 Å². The second kappa shape index (κ2) is 13.0. The molecule has 1 aromatic carbocycles. The number of aromatic nitrogens is 3. The van der Waals surface area contributed by atoms with Crippen molar-refractivity contribution in [2.24, 2.45) is 0 Å². The van der Waals surface area contributed by atoms with Crippen molar-refractivity contribution in [2.45, 2.75) is 31.7 Å². The molecule has 1 amide bonds. The first kappa shape index (κ1) is 29.0. The fourth-order valence-corrected chi connectivity index (χ4v) is 5.05. The number of nitrogens with zero attached hydrogens (tertiary/aromatic N) is 5. The molecule has 1 fully saturated rings. The van der Waals surface area contributed by atoms with Gasteiger partial charge in [0.05, 0.1) is 6.42 Å². The molecule has 1 atom stereocenters. The molecular formula is C28H35F3N8O2. The topological polar surface area (TPSA) is 110 Å². The number of carbonyl (C=O) groups excluding carboxylic acids is 1. The molecule has 220 valence electrons. The van der Waals surface area contributed by atoms with E-state index < -0.39 is 31.2 Å². The van der Waals surface area contributed by atoms with Crippen LogP contribution < -0.4 is 16.0 Å². The molecule has 0 spiro atoms. The minimum Gasteiger partial charge on any atom is -0.374 e. The molecule has 0 saturated carbocycles. The van der Waals surface area contributed by atoms with Crippen molar-refractivity contribution < 1.29 is 23.1 Å². The number of alkyl halides is 3. The van der Waals surface area contributed by atoms with Gasteiger partial charge in [-0.2, -0.15) is 18.2 Å². The smallest absolute Gasteiger partial charge is 0.374 e. The number of amides is 1. The van der Waals surface area contributed by atoms with E-state index >= 15 is 0 Å². The number of hydrogen-bond donors (Lipinski definition) is 4. The second-order valence-electron chi connectivity index (χ2n) is 10.3. The van der Waals surface area contributed by atoms with Gasteiger partial charge in [0.1, 0.15) is 6.23 Å². The third-order valence-electron chi connectivity index (χ3n) is 7.35. The van der Waals surface area contributed by atoms with Crippen LogP contribution in [0.4, 0.5) is 24.8 Å². The maximum absolute atomic E-state index is 12.5. The summed E-state index contributed by atoms with van der Waals surface area (Å²) >= 11 is 0. The Kier molecular flexibility index (Phi) is 9.18. The summed E-state index contributed by atoms with van der Waals surface area (Å²) in [5.74, 6) is -0.0883. The normalized spacial score (nSPS) is 17.5. The summed E-state index contributed by atoms with van der Waals surface area (Å²) in [7, 11) is 0. The Hall–Kier alpha value is -3.52. The number of hydrogen-bond acceptors (Lipinski definition) is 8. The third kappa shape index (κ3) is 7.82. The van der Waals surface area contributed by atoms with Crippen LogP contribution in [0, 0.1) is 0 Å². The summed E-state index contributed by atoms with van der Waals surface area (Å²) in [4.78, 5) is 20.7. The van der Waals surface area contributed by atoms with Crippen molar-refractivity contribution in [3.05, 3.63) is 59.8 Å². The van der Waals surface area contributed by atoms with E-state index in [4.69, 9.17) is 0 Å². The van der Waals surface area contributed by atoms with Gasteiger partial charge in [-0.05, 0) is 41.8 Å². The molecule has 3 aromatic rings. The summed E-state index contributed by atoms with van der Waals surface area (Å²) in [5.41, 5.74) is 4.00. The highest BCUT2D eigenvalue weighted by Gasteiger charge is 2.29. The van der Waals surface area contributed by atoms with Gasteiger partial charge in [0.15, 0.2) is 5.65 Å². The van der Waals surface area contributed by atoms with Crippen molar-refractivity contribution in [3.8, 4) is 0 Å². The van der Waals surface area contributed by atoms with Gasteiger partial charge in [-0.1, -0.05) is 18.2 Å². The number of halogens is 3. The highest BCUT2D eigenvalue weighted by atomic mass is 19.4. The lowest BCUT2D eigenvalue weighted by Gasteiger charge is -2.27. The molecule has 13 heteroatoms. The van der Waals surface area contributed by atoms with Gasteiger partial charge >= 0.3 is 6.18 Å². The van der Waals surface area contributed by atoms with Gasteiger partial charge in [0.25, 0.3) is 0 Å². The van der Waals surface area contributed by atoms with E-state index in [0.29, 0.717) is 31.1 Å². The lowest BCUT2D eigenvalue weighted by atomic mass is 10.00. The van der Waals surface area contributed by atoms with Crippen LogP contribution in [0.15, 0.2) is 48.7 Å². The van der Waals surface area contributed by atoms with E-state index in [1.807, 2.05) is 42.5 Å². The SMILES string of the molecule is O=C(CCC(F)(F)F)N1CC=C(c2cccn3nc(Nc4ccc(C(O)NCCN5CCNCC5)cc4)nc23)CC1. The molecule has 0 radical (unpaired) electrons. The summed E-state index contributed by atoms with van der Waals surface area (Å²) in [6.45, 7) is 6.21. The Balaban J connectivity index is 1.18. The summed E-state index contributed by atoms with van der Waals surface area (Å²) in [6.07, 6.45) is -2.57. The van der Waals surface area contributed by atoms with Crippen LogP contribution in [0.2, 0.25) is 0 Å². The Bertz CT molecular complexity index is 1350. The van der Waals surface area contributed by atoms with Gasteiger partial charge in [0.2, 0.25) is 11.9 Å². The van der Waals surface area contributed by atoms with Crippen LogP contribution in [-0.2, 0) is 4.79 Å². The minimum atomic E-state index is -4.34. The van der Waals surface area contributed by atoms with Crippen LogP contribution in [0.5, 0.6) is 0 Å². The summed E-state index contributed by atoms with van der Waals surface area (Å²) in [6, 6.07) is 11.2. The zero-order chi connectivity index (χ0) is 28.8. The standard InChI is InChI=1S/C28H35F3N8O2/c29-28(30,31)10-7-24(40)38-15-8-20(9-16-38)23-2-1-14-39-25(23)35-27(36-39)34-22-5-3-21(4-6-22)26(41)33-13-19-37-17-11-32-12-18-37/h1-6,8,14,26,32-33,41H,7,9-13,15-19H2,(H,34,36). The highest BCUT2D eigenvalue weighted by Crippen LogP contribution is 2.28. The van der Waals surface area contributed by atoms with Crippen molar-refractivity contribution in [2.75, 3.05) is 57.7 Å². The lowest BCUT2D eigenvalue weighted by Crippen LogP contribution is -2.46. The van der Waals surface area contributed by atoms with Crippen LogP contribution in [-0.4, -0.2) is 93.9 Å². The van der Waals surface area contributed by atoms with Crippen molar-refractivity contribution in [1.82, 2.24) is 35.0 Å². The third-order valence-corrected chi connectivity index (χ3v) is 7.35. The Morgan fingerprint density at radius 2 is 1.90 bits per heavy atom. The molecule has 4 N–H and O–H groups in total. The summed E-state index contributed by atoms with van der Waals surface area (Å²) in [5, 5.41) is 24.7. The zero-order valence-corrected chi connectivity index (χ0v) is 22.7. The number of pyridine rings is 1. The average Bonchev–Trinajstić information content (AvgIpc) is 3.39. The number of fused-ring (bicyclic) bond motifs is 1. The molecule has 2 aliphatic rings. The van der Waals surface area contributed by atoms with E-state index in [-0.39, 0.29) is 6.54 Å². The maximum atomic E-state index is 12.5. The molecule has 5 rings (SSSR count). The van der Waals surface area contributed by atoms with Crippen LogP contribution >= 0.6 is 0 Å². The number of benzene rings is 1. The minimum absolute atomic E-state index is 0.259. The van der Waals surface area contributed by atoms with Crippen molar-refractivity contribution in [1.29, 1.82) is 0 Å². The highest BCUT2D eigenvalue weighted by molar-refractivity contribution is 5.81. The number of carbonyl (C=O) groups is 1. The number of anilines is 2. The first-order valence-electron chi connectivity index (χ1n) is 13.9. The molecule has 2 aliphatic heterocycles. The van der Waals surface area contributed by atoms with Crippen molar-refractivity contribution >= 4 is 28.8 Å². The number of nitrogens with one attached hydrogen (secondary N) is 3. The van der Waals surface area contributed by atoms with Gasteiger partial charge < -0.3 is 20.6 Å². The Labute approximate surface area is 236 Å². The Morgan fingerprint density at radius 1 is 1.12 bits per heavy atom. The number of aliphatic hydroxyl groups is 1. The molecule has 2 aromatic heterocycles. The molecule has 1 unspecified atom stereocenters. The fourth-order valence-electron chi connectivity index (χ4n) is 5.05. The fraction of sp³-hybridized carbons (Fsp3) is 0.464. The van der Waals surface area contributed by atoms with E-state index in [9.17, 15) is 23.1 Å². The number of piperazine rings is 1. The van der Waals surface area contributed by atoms with E-state index in [1.54, 1.807) is 10.7 Å². The predicted molar refractivity (Wildman–Crippen MR) is 149 cm³/mol. The average molecular weight is 573 g/mol. The van der Waals surface area contributed by atoms with Crippen LogP contribution in [0.25, 0.3) is 11.2 Å². The van der Waals surface area contributed by atoms with E-state index in [0.717, 1.165) is 55.1 Å². The molecule has 1 saturated heterocycles. The predicted octanol–water partition coefficient (Wildman–Crippen LogP) is 2.92. The second-order valence-corrected chi connectivity index (χ2v) is 10.3. The largest absolute Gasteiger partial charge is 0.389 e. The quantitative estimate of drug-likeness (QED) is 0.275. The molecule has 0 aliphatic carbocycles. The zero-order valence-electron chi connectivity index (χ0n) is 22.7. The molecule has 4 heterocycles. The van der Waals surface area contributed by atoms with E-state index in [1.165, 1.54) is 4.90 Å². The number of aliphatic hydroxyl groups excluding tert-OH is 1. The number of rotatable bonds is 10. The first-order valence-corrected chi connectivity index (χ1v) is 13.9. The molecular weight excluding hydrogens is 537 g/mol. The van der Waals surface area contributed by atoms with Crippen LogP contribution in [0.1, 0.15) is 36.6 Å². The van der Waals surface area contributed by atoms with Gasteiger partial charge in [-0.15, -0.1) is 5.10 Å². The van der Waals surface area contributed by atoms with Gasteiger partial charge in [-0.3, -0.25) is 15.0 Å². The maximum Gasteiger partial charge on any atom is 0.389 e. The van der Waals surface area contributed by atoms with E-state index in [2.05, 4.69) is 30.9 Å². The van der Waals surface area contributed by atoms with Gasteiger partial charge in [-0.25, -0.2) is 4.52 Å². The first-order chi connectivity index (χ1) is 19.7. The lowest BCUT2D eigenvalue weighted by molar-refractivity contribution is -0.148. The summed E-state index contributed by atoms with van der Waals surface area (Å²) < 4.78 is 39.1. The van der Waals surface area contributed by atoms with Gasteiger partial charge in [0, 0.05) is 76.2 Å². The van der Waals surface area contributed by atoms with Crippen molar-refractivity contribution in [3.63, 3.8) is 0 Å².